The van der Waals surface area contributed by atoms with Crippen molar-refractivity contribution in [3.63, 3.8) is 0 Å². The van der Waals surface area contributed by atoms with Gasteiger partial charge in [0.25, 0.3) is 5.56 Å². The van der Waals surface area contributed by atoms with Gasteiger partial charge in [0.05, 0.1) is 22.7 Å². The fourth-order valence-corrected chi connectivity index (χ4v) is 5.74. The first-order chi connectivity index (χ1) is 14.6. The molecule has 0 fully saturated rings. The normalized spacial score (nSPS) is 16.6. The minimum absolute atomic E-state index is 0.311. The summed E-state index contributed by atoms with van der Waals surface area (Å²) >= 11 is 5.13. The lowest BCUT2D eigenvalue weighted by atomic mass is 9.83. The fourth-order valence-electron chi connectivity index (χ4n) is 4.31. The molecular formula is C22H14BrN3O3S. The number of hydrogen-bond donors (Lipinski definition) is 1. The van der Waals surface area contributed by atoms with Crippen LogP contribution in [0.25, 0.3) is 11.0 Å². The topological polar surface area (TPSA) is 77.1 Å². The maximum absolute atomic E-state index is 13.2. The van der Waals surface area contributed by atoms with Crippen LogP contribution < -0.4 is 16.5 Å². The summed E-state index contributed by atoms with van der Waals surface area (Å²) in [6.07, 6.45) is 0.737. The van der Waals surface area contributed by atoms with Gasteiger partial charge in [0, 0.05) is 22.0 Å². The zero-order valence-electron chi connectivity index (χ0n) is 15.5. The van der Waals surface area contributed by atoms with E-state index >= 15 is 0 Å². The van der Waals surface area contributed by atoms with Gasteiger partial charge in [0.1, 0.15) is 17.2 Å². The molecule has 0 radical (unpaired) electrons. The number of para-hydroxylation sites is 1. The van der Waals surface area contributed by atoms with Crippen molar-refractivity contribution in [3.8, 4) is 0 Å². The summed E-state index contributed by atoms with van der Waals surface area (Å²) in [5.41, 5.74) is 2.17. The minimum Gasteiger partial charge on any atom is -0.422 e. The molecule has 6 rings (SSSR count). The van der Waals surface area contributed by atoms with Crippen molar-refractivity contribution in [2.24, 2.45) is 0 Å². The molecule has 0 saturated heterocycles. The lowest BCUT2D eigenvalue weighted by Gasteiger charge is -2.30. The van der Waals surface area contributed by atoms with Crippen LogP contribution in [-0.4, -0.2) is 14.7 Å². The molecule has 2 aromatic heterocycles. The fraction of sp³-hybridized carbons (Fsp3) is 0.136. The van der Waals surface area contributed by atoms with Crippen molar-refractivity contribution in [2.75, 3.05) is 11.1 Å². The van der Waals surface area contributed by atoms with Crippen molar-refractivity contribution < 1.29 is 4.42 Å². The van der Waals surface area contributed by atoms with E-state index in [1.807, 2.05) is 46.4 Å². The highest BCUT2D eigenvalue weighted by Gasteiger charge is 2.37. The van der Waals surface area contributed by atoms with Crippen molar-refractivity contribution in [2.45, 2.75) is 12.3 Å². The first-order valence-corrected chi connectivity index (χ1v) is 11.2. The molecule has 8 heteroatoms. The lowest BCUT2D eigenvalue weighted by molar-refractivity contribution is 0.548. The van der Waals surface area contributed by atoms with Crippen LogP contribution in [0.5, 0.6) is 0 Å². The molecule has 0 spiro atoms. The Morgan fingerprint density at radius 1 is 1.13 bits per heavy atom. The molecule has 2 aliphatic rings. The second-order valence-electron chi connectivity index (χ2n) is 7.26. The van der Waals surface area contributed by atoms with Crippen LogP contribution in [0, 0.1) is 0 Å². The molecule has 0 saturated carbocycles. The van der Waals surface area contributed by atoms with Gasteiger partial charge in [-0.1, -0.05) is 40.2 Å². The van der Waals surface area contributed by atoms with E-state index in [1.165, 1.54) is 0 Å². The number of halogens is 1. The van der Waals surface area contributed by atoms with Crippen LogP contribution in [0.15, 0.2) is 67.0 Å². The van der Waals surface area contributed by atoms with Crippen LogP contribution in [0.3, 0.4) is 0 Å². The summed E-state index contributed by atoms with van der Waals surface area (Å²) in [6, 6.07) is 15.1. The molecule has 4 aromatic rings. The summed E-state index contributed by atoms with van der Waals surface area (Å²) in [4.78, 5) is 30.6. The highest BCUT2D eigenvalue weighted by molar-refractivity contribution is 9.10. The molecule has 0 amide bonds. The van der Waals surface area contributed by atoms with Crippen LogP contribution in [0.1, 0.15) is 28.4 Å². The minimum atomic E-state index is -0.575. The Kier molecular flexibility index (Phi) is 3.94. The van der Waals surface area contributed by atoms with E-state index in [-0.39, 0.29) is 5.56 Å². The number of rotatable bonds is 1. The summed E-state index contributed by atoms with van der Waals surface area (Å²) < 4.78 is 8.51. The molecule has 30 heavy (non-hydrogen) atoms. The Bertz CT molecular complexity index is 1480. The van der Waals surface area contributed by atoms with E-state index in [1.54, 1.807) is 18.0 Å². The third-order valence-electron chi connectivity index (χ3n) is 5.55. The number of aromatic nitrogens is 2. The molecule has 148 valence electrons. The molecule has 1 unspecified atom stereocenters. The monoisotopic (exact) mass is 479 g/mol. The summed E-state index contributed by atoms with van der Waals surface area (Å²) in [5, 5.41) is 4.22. The summed E-state index contributed by atoms with van der Waals surface area (Å²) in [7, 11) is 0. The largest absolute Gasteiger partial charge is 0.422 e. The summed E-state index contributed by atoms with van der Waals surface area (Å²) in [6.45, 7) is 0. The van der Waals surface area contributed by atoms with Crippen molar-refractivity contribution in [1.82, 2.24) is 8.96 Å². The van der Waals surface area contributed by atoms with Gasteiger partial charge in [-0.3, -0.25) is 8.77 Å². The molecule has 0 bridgehead atoms. The molecule has 2 aliphatic heterocycles. The number of aryl methyl sites for hydroxylation is 1. The van der Waals surface area contributed by atoms with Gasteiger partial charge < -0.3 is 9.73 Å². The van der Waals surface area contributed by atoms with Crippen molar-refractivity contribution >= 4 is 50.4 Å². The van der Waals surface area contributed by atoms with Crippen LogP contribution in [0.4, 0.5) is 11.5 Å². The molecule has 0 aliphatic carbocycles. The van der Waals surface area contributed by atoms with Crippen molar-refractivity contribution in [1.29, 1.82) is 0 Å². The molecule has 1 atom stereocenters. The van der Waals surface area contributed by atoms with E-state index in [9.17, 15) is 9.59 Å². The van der Waals surface area contributed by atoms with E-state index in [2.05, 4.69) is 26.2 Å². The number of benzene rings is 2. The molecule has 2 aromatic carbocycles. The van der Waals surface area contributed by atoms with Gasteiger partial charge in [-0.25, -0.2) is 4.79 Å². The molecule has 1 N–H and O–H groups in total. The van der Waals surface area contributed by atoms with E-state index in [0.717, 1.165) is 33.4 Å². The summed E-state index contributed by atoms with van der Waals surface area (Å²) in [5.74, 6) is 1.73. The van der Waals surface area contributed by atoms with Crippen molar-refractivity contribution in [3.05, 3.63) is 96.3 Å². The highest BCUT2D eigenvalue weighted by atomic mass is 79.9. The first kappa shape index (κ1) is 18.0. The molecular weight excluding hydrogens is 466 g/mol. The van der Waals surface area contributed by atoms with Gasteiger partial charge >= 0.3 is 5.63 Å². The Hall–Kier alpha value is -2.84. The quantitative estimate of drug-likeness (QED) is 0.359. The molecule has 4 heterocycles. The third kappa shape index (κ3) is 2.53. The number of nitrogens with zero attached hydrogens (tertiary/aromatic N) is 2. The molecule has 6 nitrogen and oxygen atoms in total. The Labute approximate surface area is 183 Å². The van der Waals surface area contributed by atoms with E-state index in [0.29, 0.717) is 28.2 Å². The zero-order valence-corrected chi connectivity index (χ0v) is 17.9. The Balaban J connectivity index is 1.76. The third-order valence-corrected chi connectivity index (χ3v) is 7.08. The average Bonchev–Trinajstić information content (AvgIpc) is 3.21. The second-order valence-corrected chi connectivity index (χ2v) is 9.21. The van der Waals surface area contributed by atoms with Crippen LogP contribution in [0.2, 0.25) is 0 Å². The Morgan fingerprint density at radius 3 is 2.87 bits per heavy atom. The lowest BCUT2D eigenvalue weighted by Crippen LogP contribution is -2.31. The van der Waals surface area contributed by atoms with Crippen LogP contribution in [-0.2, 0) is 6.42 Å². The van der Waals surface area contributed by atoms with Crippen LogP contribution >= 0.6 is 27.9 Å². The Morgan fingerprint density at radius 2 is 2.00 bits per heavy atom. The standard InChI is InChI=1S/C22H14BrN3O3S/c23-12-5-3-4-11(10-12)16-17-19(13-6-1-2-7-14(13)29-22(17)28)25-20-18(16)21(27)24-15-8-9-30-26(15)20/h1-7,10,16,25H,8-9H2. The second kappa shape index (κ2) is 6.58. The maximum Gasteiger partial charge on any atom is 0.342 e. The SMILES string of the molecule is O=c1nc2n(c3c1C(c1cccc(Br)c1)c1c(c4ccccc4oc1=O)N3)SCC2. The number of nitrogens with one attached hydrogen (secondary N) is 1. The predicted molar refractivity (Wildman–Crippen MR) is 121 cm³/mol. The zero-order chi connectivity index (χ0) is 20.4. The van der Waals surface area contributed by atoms with E-state index < -0.39 is 11.5 Å². The van der Waals surface area contributed by atoms with Gasteiger partial charge in [-0.05, 0) is 41.8 Å². The maximum atomic E-state index is 13.2. The first-order valence-electron chi connectivity index (χ1n) is 9.49. The number of hydrogen-bond acceptors (Lipinski definition) is 6. The van der Waals surface area contributed by atoms with Gasteiger partial charge in [-0.2, -0.15) is 4.98 Å². The number of fused-ring (bicyclic) bond motifs is 6. The average molecular weight is 480 g/mol. The van der Waals surface area contributed by atoms with Gasteiger partial charge in [0.15, 0.2) is 0 Å². The number of anilines is 2. The van der Waals surface area contributed by atoms with Gasteiger partial charge in [0.2, 0.25) is 0 Å². The smallest absolute Gasteiger partial charge is 0.342 e. The highest BCUT2D eigenvalue weighted by Crippen LogP contribution is 2.46. The van der Waals surface area contributed by atoms with Gasteiger partial charge in [-0.15, -0.1) is 0 Å². The predicted octanol–water partition coefficient (Wildman–Crippen LogP) is 4.40. The van der Waals surface area contributed by atoms with E-state index in [4.69, 9.17) is 4.42 Å².